The van der Waals surface area contributed by atoms with E-state index in [1.54, 1.807) is 12.4 Å². The summed E-state index contributed by atoms with van der Waals surface area (Å²) < 4.78 is 16.7. The lowest BCUT2D eigenvalue weighted by atomic mass is 9.76. The summed E-state index contributed by atoms with van der Waals surface area (Å²) in [5, 5.41) is 0. The Morgan fingerprint density at radius 1 is 1.31 bits per heavy atom. The SMILES string of the molecule is O=C(c1cocn1)N1CCC2(CC1)COC(COCc1ccncc1)C2. The Balaban J connectivity index is 1.23. The largest absolute Gasteiger partial charge is 0.451 e. The fraction of sp³-hybridized carbons (Fsp3) is 0.526. The number of hydrogen-bond acceptors (Lipinski definition) is 6. The van der Waals surface area contributed by atoms with E-state index in [0.717, 1.165) is 44.5 Å². The van der Waals surface area contributed by atoms with Gasteiger partial charge in [0.15, 0.2) is 12.1 Å². The molecule has 7 nitrogen and oxygen atoms in total. The van der Waals surface area contributed by atoms with Gasteiger partial charge < -0.3 is 18.8 Å². The summed E-state index contributed by atoms with van der Waals surface area (Å²) in [6.07, 6.45) is 9.28. The van der Waals surface area contributed by atoms with Crippen molar-refractivity contribution in [2.45, 2.75) is 32.0 Å². The molecule has 2 fully saturated rings. The van der Waals surface area contributed by atoms with Gasteiger partial charge in [0.2, 0.25) is 0 Å². The third-order valence-corrected chi connectivity index (χ3v) is 5.37. The molecule has 0 radical (unpaired) electrons. The van der Waals surface area contributed by atoms with Crippen LogP contribution in [0.15, 0.2) is 41.6 Å². The van der Waals surface area contributed by atoms with E-state index in [2.05, 4.69) is 9.97 Å². The van der Waals surface area contributed by atoms with Crippen molar-refractivity contribution in [1.29, 1.82) is 0 Å². The van der Waals surface area contributed by atoms with Crippen LogP contribution in [0.5, 0.6) is 0 Å². The number of aromatic nitrogens is 2. The van der Waals surface area contributed by atoms with E-state index >= 15 is 0 Å². The van der Waals surface area contributed by atoms with Gasteiger partial charge in [-0.1, -0.05) is 0 Å². The highest BCUT2D eigenvalue weighted by Gasteiger charge is 2.43. The van der Waals surface area contributed by atoms with Crippen LogP contribution in [0.4, 0.5) is 0 Å². The van der Waals surface area contributed by atoms with Crippen LogP contribution in [0.25, 0.3) is 0 Å². The molecule has 4 rings (SSSR count). The molecule has 1 amide bonds. The smallest absolute Gasteiger partial charge is 0.275 e. The average molecular weight is 357 g/mol. The molecule has 0 aromatic carbocycles. The quantitative estimate of drug-likeness (QED) is 0.817. The molecule has 0 N–H and O–H groups in total. The van der Waals surface area contributed by atoms with Crippen LogP contribution >= 0.6 is 0 Å². The Labute approximate surface area is 152 Å². The van der Waals surface area contributed by atoms with Gasteiger partial charge in [0, 0.05) is 25.5 Å². The minimum Gasteiger partial charge on any atom is -0.451 e. The predicted octanol–water partition coefficient (Wildman–Crippen LogP) is 2.30. The van der Waals surface area contributed by atoms with Crippen LogP contribution in [-0.4, -0.2) is 53.2 Å². The topological polar surface area (TPSA) is 77.7 Å². The van der Waals surface area contributed by atoms with Gasteiger partial charge in [0.25, 0.3) is 5.91 Å². The standard InChI is InChI=1S/C19H23N3O4/c23-18(17-12-25-14-21-17)22-7-3-19(4-8-22)9-16(26-13-19)11-24-10-15-1-5-20-6-2-15/h1-2,5-6,12,14,16H,3-4,7-11,13H2. The number of likely N-dealkylation sites (tertiary alicyclic amines) is 1. The van der Waals surface area contributed by atoms with Crippen LogP contribution in [0.1, 0.15) is 35.3 Å². The van der Waals surface area contributed by atoms with Crippen molar-refractivity contribution >= 4 is 5.91 Å². The highest BCUT2D eigenvalue weighted by atomic mass is 16.5. The van der Waals surface area contributed by atoms with Crippen molar-refractivity contribution in [2.75, 3.05) is 26.3 Å². The third-order valence-electron chi connectivity index (χ3n) is 5.37. The molecule has 2 aliphatic heterocycles. The zero-order valence-corrected chi connectivity index (χ0v) is 14.7. The molecule has 7 heteroatoms. The van der Waals surface area contributed by atoms with Gasteiger partial charge in [-0.15, -0.1) is 0 Å². The number of carbonyl (C=O) groups is 1. The molecule has 0 bridgehead atoms. The molecule has 0 saturated carbocycles. The van der Waals surface area contributed by atoms with Crippen LogP contribution in [0.3, 0.4) is 0 Å². The monoisotopic (exact) mass is 357 g/mol. The van der Waals surface area contributed by atoms with E-state index in [4.69, 9.17) is 13.9 Å². The zero-order chi connectivity index (χ0) is 17.8. The molecule has 0 aliphatic carbocycles. The number of nitrogens with zero attached hydrogens (tertiary/aromatic N) is 3. The second kappa shape index (κ2) is 7.55. The first-order valence-electron chi connectivity index (χ1n) is 9.00. The second-order valence-electron chi connectivity index (χ2n) is 7.17. The summed E-state index contributed by atoms with van der Waals surface area (Å²) in [6.45, 7) is 3.41. The number of oxazole rings is 1. The molecule has 2 aromatic rings. The number of amides is 1. The number of rotatable bonds is 5. The number of ether oxygens (including phenoxy) is 2. The number of hydrogen-bond donors (Lipinski definition) is 0. The third kappa shape index (κ3) is 3.78. The minimum atomic E-state index is -0.0512. The average Bonchev–Trinajstić information content (AvgIpc) is 3.34. The first-order valence-corrected chi connectivity index (χ1v) is 9.00. The maximum Gasteiger partial charge on any atom is 0.275 e. The molecule has 138 valence electrons. The van der Waals surface area contributed by atoms with E-state index in [1.807, 2.05) is 17.0 Å². The maximum atomic E-state index is 12.4. The summed E-state index contributed by atoms with van der Waals surface area (Å²) in [6, 6.07) is 3.91. The second-order valence-corrected chi connectivity index (χ2v) is 7.17. The Bertz CT molecular complexity index is 712. The summed E-state index contributed by atoms with van der Waals surface area (Å²) >= 11 is 0. The number of carbonyl (C=O) groups excluding carboxylic acids is 1. The van der Waals surface area contributed by atoms with Crippen LogP contribution in [0, 0.1) is 5.41 Å². The molecule has 4 heterocycles. The summed E-state index contributed by atoms with van der Waals surface area (Å²) in [5.74, 6) is -0.0512. The van der Waals surface area contributed by atoms with Crippen molar-refractivity contribution in [3.05, 3.63) is 48.4 Å². The fourth-order valence-corrected chi connectivity index (χ4v) is 3.80. The molecule has 2 aliphatic rings. The molecule has 1 atom stereocenters. The Hall–Kier alpha value is -2.25. The number of piperidine rings is 1. The first kappa shape index (κ1) is 17.2. The van der Waals surface area contributed by atoms with E-state index in [1.165, 1.54) is 12.7 Å². The molecule has 2 aromatic heterocycles. The molecule has 2 saturated heterocycles. The zero-order valence-electron chi connectivity index (χ0n) is 14.7. The number of pyridine rings is 1. The molecular weight excluding hydrogens is 334 g/mol. The van der Waals surface area contributed by atoms with Crippen molar-refractivity contribution < 1.29 is 18.7 Å². The minimum absolute atomic E-state index is 0.0512. The van der Waals surface area contributed by atoms with Crippen molar-refractivity contribution in [2.24, 2.45) is 5.41 Å². The van der Waals surface area contributed by atoms with Crippen LogP contribution in [-0.2, 0) is 16.1 Å². The van der Waals surface area contributed by atoms with Crippen LogP contribution in [0.2, 0.25) is 0 Å². The van der Waals surface area contributed by atoms with Gasteiger partial charge in [-0.3, -0.25) is 9.78 Å². The predicted molar refractivity (Wildman–Crippen MR) is 92.3 cm³/mol. The normalized spacial score (nSPS) is 22.0. The van der Waals surface area contributed by atoms with Gasteiger partial charge in [-0.05, 0) is 42.4 Å². The van der Waals surface area contributed by atoms with Gasteiger partial charge in [-0.2, -0.15) is 0 Å². The van der Waals surface area contributed by atoms with Crippen LogP contribution < -0.4 is 0 Å². The van der Waals surface area contributed by atoms with E-state index < -0.39 is 0 Å². The van der Waals surface area contributed by atoms with Gasteiger partial charge in [0.1, 0.15) is 6.26 Å². The highest BCUT2D eigenvalue weighted by molar-refractivity contribution is 5.91. The summed E-state index contributed by atoms with van der Waals surface area (Å²) in [4.78, 5) is 22.2. The Morgan fingerprint density at radius 2 is 2.12 bits per heavy atom. The Morgan fingerprint density at radius 3 is 2.85 bits per heavy atom. The molecular formula is C19H23N3O4. The Kier molecular flexibility index (Phi) is 4.99. The maximum absolute atomic E-state index is 12.4. The molecule has 26 heavy (non-hydrogen) atoms. The lowest BCUT2D eigenvalue weighted by molar-refractivity contribution is 0.00653. The van der Waals surface area contributed by atoms with Gasteiger partial charge >= 0.3 is 0 Å². The lowest BCUT2D eigenvalue weighted by Crippen LogP contribution is -2.43. The fourth-order valence-electron chi connectivity index (χ4n) is 3.80. The van der Waals surface area contributed by atoms with Gasteiger partial charge in [0.05, 0.1) is 25.9 Å². The summed E-state index contributed by atoms with van der Waals surface area (Å²) in [5.41, 5.74) is 1.67. The van der Waals surface area contributed by atoms with E-state index in [-0.39, 0.29) is 17.4 Å². The molecule has 1 unspecified atom stereocenters. The molecule has 1 spiro atoms. The van der Waals surface area contributed by atoms with E-state index in [9.17, 15) is 4.79 Å². The lowest BCUT2D eigenvalue weighted by Gasteiger charge is -2.38. The van der Waals surface area contributed by atoms with Crippen molar-refractivity contribution in [3.63, 3.8) is 0 Å². The van der Waals surface area contributed by atoms with Gasteiger partial charge in [-0.25, -0.2) is 4.98 Å². The first-order chi connectivity index (χ1) is 12.7. The van der Waals surface area contributed by atoms with Crippen molar-refractivity contribution in [3.8, 4) is 0 Å². The summed E-state index contributed by atoms with van der Waals surface area (Å²) in [7, 11) is 0. The van der Waals surface area contributed by atoms with E-state index in [0.29, 0.717) is 18.9 Å². The highest BCUT2D eigenvalue weighted by Crippen LogP contribution is 2.42. The van der Waals surface area contributed by atoms with Crippen molar-refractivity contribution in [1.82, 2.24) is 14.9 Å².